The van der Waals surface area contributed by atoms with Crippen LogP contribution < -0.4 is 5.32 Å². The van der Waals surface area contributed by atoms with Crippen molar-refractivity contribution in [1.29, 1.82) is 0 Å². The van der Waals surface area contributed by atoms with Crippen molar-refractivity contribution in [3.63, 3.8) is 0 Å². The fourth-order valence-electron chi connectivity index (χ4n) is 4.01. The lowest BCUT2D eigenvalue weighted by atomic mass is 9.95. The molecule has 1 heterocycles. The van der Waals surface area contributed by atoms with Crippen molar-refractivity contribution in [3.05, 3.63) is 23.8 Å². The zero-order valence-corrected chi connectivity index (χ0v) is 12.8. The Balaban J connectivity index is 1.32. The summed E-state index contributed by atoms with van der Waals surface area (Å²) in [4.78, 5) is 2.77. The second-order valence-electron chi connectivity index (χ2n) is 6.81. The van der Waals surface area contributed by atoms with Gasteiger partial charge in [0.05, 0.1) is 0 Å². The molecule has 0 unspecified atom stereocenters. The molecule has 112 valence electrons. The molecule has 0 bridgehead atoms. The molecule has 2 nitrogen and oxygen atoms in total. The number of allylic oxidation sites excluding steroid dienone is 2. The van der Waals surface area contributed by atoms with E-state index in [1.165, 1.54) is 76.6 Å². The van der Waals surface area contributed by atoms with Crippen molar-refractivity contribution in [2.75, 3.05) is 26.2 Å². The first-order valence-corrected chi connectivity index (χ1v) is 8.72. The smallest absolute Gasteiger partial charge is 0.0202 e. The third-order valence-corrected chi connectivity index (χ3v) is 5.32. The van der Waals surface area contributed by atoms with Crippen molar-refractivity contribution in [1.82, 2.24) is 10.2 Å². The summed E-state index contributed by atoms with van der Waals surface area (Å²) in [5, 5.41) is 3.67. The van der Waals surface area contributed by atoms with Crippen LogP contribution in [0.15, 0.2) is 23.8 Å². The van der Waals surface area contributed by atoms with E-state index < -0.39 is 0 Å². The van der Waals surface area contributed by atoms with Crippen LogP contribution in [0.3, 0.4) is 0 Å². The molecule has 0 amide bonds. The quantitative estimate of drug-likeness (QED) is 0.825. The number of rotatable bonds is 5. The van der Waals surface area contributed by atoms with Crippen molar-refractivity contribution in [2.24, 2.45) is 5.92 Å². The fourth-order valence-corrected chi connectivity index (χ4v) is 4.01. The van der Waals surface area contributed by atoms with Crippen molar-refractivity contribution >= 4 is 0 Å². The molecular weight excluding hydrogens is 244 g/mol. The highest BCUT2D eigenvalue weighted by molar-refractivity contribution is 5.23. The summed E-state index contributed by atoms with van der Waals surface area (Å²) in [7, 11) is 0. The Hall–Kier alpha value is -0.600. The number of likely N-dealkylation sites (tertiary alicyclic amines) is 1. The van der Waals surface area contributed by atoms with E-state index >= 15 is 0 Å². The van der Waals surface area contributed by atoms with Gasteiger partial charge in [0.15, 0.2) is 0 Å². The molecule has 1 N–H and O–H groups in total. The van der Waals surface area contributed by atoms with Gasteiger partial charge in [0.1, 0.15) is 0 Å². The highest BCUT2D eigenvalue weighted by atomic mass is 15.2. The Morgan fingerprint density at radius 3 is 2.55 bits per heavy atom. The third kappa shape index (κ3) is 3.95. The molecular formula is C18H30N2. The Bertz CT molecular complexity index is 344. The highest BCUT2D eigenvalue weighted by Crippen LogP contribution is 2.27. The molecule has 0 atom stereocenters. The first kappa shape index (κ1) is 14.3. The van der Waals surface area contributed by atoms with E-state index in [4.69, 9.17) is 0 Å². The van der Waals surface area contributed by atoms with Crippen LogP contribution in [0.4, 0.5) is 0 Å². The molecule has 2 aliphatic carbocycles. The standard InChI is InChI=1S/C18H30N2/c1-2-6-16(7-3-1)14-19-15-17-10-12-20(13-11-17)18-8-4-5-9-18/h2,6-7,17-19H,1,3-5,8-15H2. The summed E-state index contributed by atoms with van der Waals surface area (Å²) < 4.78 is 0. The molecule has 0 spiro atoms. The fraction of sp³-hybridized carbons (Fsp3) is 0.778. The Morgan fingerprint density at radius 2 is 1.85 bits per heavy atom. The van der Waals surface area contributed by atoms with Gasteiger partial charge in [-0.15, -0.1) is 0 Å². The first-order valence-electron chi connectivity index (χ1n) is 8.72. The van der Waals surface area contributed by atoms with Crippen LogP contribution in [0.25, 0.3) is 0 Å². The van der Waals surface area contributed by atoms with Crippen molar-refractivity contribution < 1.29 is 0 Å². The monoisotopic (exact) mass is 274 g/mol. The minimum Gasteiger partial charge on any atom is -0.312 e. The van der Waals surface area contributed by atoms with E-state index in [1.54, 1.807) is 0 Å². The van der Waals surface area contributed by atoms with Crippen molar-refractivity contribution in [2.45, 2.75) is 57.4 Å². The Labute approximate surface area is 124 Å². The molecule has 0 radical (unpaired) electrons. The molecule has 2 heteroatoms. The van der Waals surface area contributed by atoms with E-state index in [9.17, 15) is 0 Å². The van der Waals surface area contributed by atoms with Crippen LogP contribution in [-0.4, -0.2) is 37.1 Å². The van der Waals surface area contributed by atoms with Gasteiger partial charge in [-0.3, -0.25) is 0 Å². The molecule has 1 saturated heterocycles. The zero-order valence-electron chi connectivity index (χ0n) is 12.8. The molecule has 20 heavy (non-hydrogen) atoms. The summed E-state index contributed by atoms with van der Waals surface area (Å²) in [6, 6.07) is 0.932. The number of nitrogens with one attached hydrogen (secondary N) is 1. The second kappa shape index (κ2) is 7.42. The molecule has 1 saturated carbocycles. The summed E-state index contributed by atoms with van der Waals surface area (Å²) >= 11 is 0. The SMILES string of the molecule is C1=CC(CNCC2CCN(C3CCCC3)CC2)=CCC1. The van der Waals surface area contributed by atoms with Gasteiger partial charge >= 0.3 is 0 Å². The van der Waals surface area contributed by atoms with Gasteiger partial charge in [-0.2, -0.15) is 0 Å². The van der Waals surface area contributed by atoms with Gasteiger partial charge in [-0.1, -0.05) is 31.1 Å². The average Bonchev–Trinajstić information content (AvgIpc) is 3.03. The Kier molecular flexibility index (Phi) is 5.32. The summed E-state index contributed by atoms with van der Waals surface area (Å²) in [5.41, 5.74) is 1.49. The Morgan fingerprint density at radius 1 is 1.05 bits per heavy atom. The lowest BCUT2D eigenvalue weighted by Gasteiger charge is -2.36. The van der Waals surface area contributed by atoms with E-state index in [0.717, 1.165) is 18.5 Å². The lowest BCUT2D eigenvalue weighted by molar-refractivity contribution is 0.134. The van der Waals surface area contributed by atoms with Crippen molar-refractivity contribution in [3.8, 4) is 0 Å². The predicted molar refractivity (Wildman–Crippen MR) is 85.9 cm³/mol. The second-order valence-corrected chi connectivity index (χ2v) is 6.81. The lowest BCUT2D eigenvalue weighted by Crippen LogP contribution is -2.42. The minimum absolute atomic E-state index is 0.904. The van der Waals surface area contributed by atoms with Crippen LogP contribution in [0.2, 0.25) is 0 Å². The van der Waals surface area contributed by atoms with Crippen LogP contribution in [0.1, 0.15) is 51.4 Å². The molecule has 0 aromatic carbocycles. The minimum atomic E-state index is 0.904. The molecule has 0 aromatic rings. The van der Waals surface area contributed by atoms with Gasteiger partial charge in [-0.05, 0) is 69.7 Å². The van der Waals surface area contributed by atoms with Gasteiger partial charge in [0.2, 0.25) is 0 Å². The van der Waals surface area contributed by atoms with E-state index in [0.29, 0.717) is 0 Å². The number of hydrogen-bond donors (Lipinski definition) is 1. The molecule has 3 rings (SSSR count). The van der Waals surface area contributed by atoms with Gasteiger partial charge in [-0.25, -0.2) is 0 Å². The zero-order chi connectivity index (χ0) is 13.6. The van der Waals surface area contributed by atoms with Gasteiger partial charge in [0, 0.05) is 12.6 Å². The number of nitrogens with zero attached hydrogens (tertiary/aromatic N) is 1. The van der Waals surface area contributed by atoms with Crippen LogP contribution in [0.5, 0.6) is 0 Å². The van der Waals surface area contributed by atoms with Crippen LogP contribution in [0, 0.1) is 5.92 Å². The maximum atomic E-state index is 3.67. The topological polar surface area (TPSA) is 15.3 Å². The predicted octanol–water partition coefficient (Wildman–Crippen LogP) is 3.51. The normalized spacial score (nSPS) is 26.1. The van der Waals surface area contributed by atoms with Gasteiger partial charge in [0.25, 0.3) is 0 Å². The molecule has 1 aliphatic heterocycles. The maximum absolute atomic E-state index is 3.67. The number of hydrogen-bond acceptors (Lipinski definition) is 2. The largest absolute Gasteiger partial charge is 0.312 e. The summed E-state index contributed by atoms with van der Waals surface area (Å²) in [5.74, 6) is 0.904. The molecule has 2 fully saturated rings. The maximum Gasteiger partial charge on any atom is 0.0202 e. The van der Waals surface area contributed by atoms with E-state index in [2.05, 4.69) is 28.4 Å². The van der Waals surface area contributed by atoms with Crippen LogP contribution >= 0.6 is 0 Å². The average molecular weight is 274 g/mol. The van der Waals surface area contributed by atoms with Gasteiger partial charge < -0.3 is 10.2 Å². The summed E-state index contributed by atoms with van der Waals surface area (Å²) in [6.45, 7) is 4.97. The van der Waals surface area contributed by atoms with Crippen LogP contribution in [-0.2, 0) is 0 Å². The summed E-state index contributed by atoms with van der Waals surface area (Å²) in [6.07, 6.45) is 18.1. The molecule has 3 aliphatic rings. The van der Waals surface area contributed by atoms with E-state index in [1.807, 2.05) is 0 Å². The first-order chi connectivity index (χ1) is 9.92. The molecule has 0 aromatic heterocycles. The highest BCUT2D eigenvalue weighted by Gasteiger charge is 2.26. The number of piperidine rings is 1. The third-order valence-electron chi connectivity index (χ3n) is 5.32. The van der Waals surface area contributed by atoms with E-state index in [-0.39, 0.29) is 0 Å².